The number of aromatic nitrogens is 1. The molecule has 1 aromatic heterocycles. The van der Waals surface area contributed by atoms with Gasteiger partial charge in [-0.15, -0.1) is 0 Å². The molecule has 8 heteroatoms. The Bertz CT molecular complexity index is 431. The molecule has 20 heavy (non-hydrogen) atoms. The zero-order chi connectivity index (χ0) is 15.2. The molecule has 0 atom stereocenters. The van der Waals surface area contributed by atoms with Crippen LogP contribution in [0, 0.1) is 0 Å². The third kappa shape index (κ3) is 4.78. The first-order valence-electron chi connectivity index (χ1n) is 5.90. The monoisotopic (exact) mass is 292 g/mol. The van der Waals surface area contributed by atoms with Crippen LogP contribution in [0.2, 0.25) is 0 Å². The summed E-state index contributed by atoms with van der Waals surface area (Å²) in [4.78, 5) is 13.1. The van der Waals surface area contributed by atoms with Crippen molar-refractivity contribution in [2.24, 2.45) is 0 Å². The Kier molecular flexibility index (Phi) is 5.46. The predicted molar refractivity (Wildman–Crippen MR) is 63.9 cm³/mol. The van der Waals surface area contributed by atoms with Gasteiger partial charge in [-0.3, -0.25) is 4.98 Å². The van der Waals surface area contributed by atoms with Gasteiger partial charge in [0.1, 0.15) is 5.60 Å². The van der Waals surface area contributed by atoms with E-state index in [1.165, 1.54) is 0 Å². The molecule has 0 unspecified atom stereocenters. The standard InChI is InChI=1S/C10H14N2O.C2HF3O2/c13-10(4-7-11-8-5-10)9-3-1-2-6-12-9;3-2(4,5)1(6)7/h1-3,6,11,13H,4-5,7-8H2;(H,6,7). The molecule has 0 saturated carbocycles. The molecule has 2 heterocycles. The fraction of sp³-hybridized carbons (Fsp3) is 0.500. The number of pyridine rings is 1. The van der Waals surface area contributed by atoms with E-state index in [1.807, 2.05) is 18.2 Å². The van der Waals surface area contributed by atoms with Gasteiger partial charge in [0.15, 0.2) is 0 Å². The molecule has 1 aliphatic rings. The molecule has 0 bridgehead atoms. The molecular formula is C12H15F3N2O3. The van der Waals surface area contributed by atoms with Crippen LogP contribution in [-0.4, -0.2) is 40.4 Å². The summed E-state index contributed by atoms with van der Waals surface area (Å²) in [5.74, 6) is -2.76. The van der Waals surface area contributed by atoms with Crippen LogP contribution >= 0.6 is 0 Å². The molecule has 0 spiro atoms. The third-order valence-electron chi connectivity index (χ3n) is 2.81. The lowest BCUT2D eigenvalue weighted by Gasteiger charge is -2.31. The summed E-state index contributed by atoms with van der Waals surface area (Å²) >= 11 is 0. The van der Waals surface area contributed by atoms with Crippen molar-refractivity contribution in [3.8, 4) is 0 Å². The van der Waals surface area contributed by atoms with Gasteiger partial charge in [-0.2, -0.15) is 13.2 Å². The maximum absolute atomic E-state index is 10.6. The van der Waals surface area contributed by atoms with Crippen LogP contribution in [0.1, 0.15) is 18.5 Å². The largest absolute Gasteiger partial charge is 0.490 e. The van der Waals surface area contributed by atoms with Crippen molar-refractivity contribution in [1.29, 1.82) is 0 Å². The Morgan fingerprint density at radius 2 is 1.85 bits per heavy atom. The number of halogens is 3. The highest BCUT2D eigenvalue weighted by Crippen LogP contribution is 2.28. The molecule has 0 radical (unpaired) electrons. The van der Waals surface area contributed by atoms with Gasteiger partial charge < -0.3 is 15.5 Å². The van der Waals surface area contributed by atoms with Gasteiger partial charge in [0.2, 0.25) is 0 Å². The lowest BCUT2D eigenvalue weighted by Crippen LogP contribution is -2.40. The van der Waals surface area contributed by atoms with Gasteiger partial charge in [0, 0.05) is 6.20 Å². The van der Waals surface area contributed by atoms with Crippen molar-refractivity contribution >= 4 is 5.97 Å². The Labute approximate surface area is 113 Å². The fourth-order valence-corrected chi connectivity index (χ4v) is 1.73. The fourth-order valence-electron chi connectivity index (χ4n) is 1.73. The number of nitrogens with one attached hydrogen (secondary N) is 1. The highest BCUT2D eigenvalue weighted by atomic mass is 19.4. The van der Waals surface area contributed by atoms with Crippen molar-refractivity contribution in [1.82, 2.24) is 10.3 Å². The molecular weight excluding hydrogens is 277 g/mol. The molecule has 1 aliphatic heterocycles. The number of hydrogen-bond donors (Lipinski definition) is 3. The topological polar surface area (TPSA) is 82.5 Å². The maximum Gasteiger partial charge on any atom is 0.490 e. The first-order chi connectivity index (χ1) is 9.26. The Morgan fingerprint density at radius 1 is 1.30 bits per heavy atom. The number of aliphatic carboxylic acids is 1. The van der Waals surface area contributed by atoms with Gasteiger partial charge in [0.05, 0.1) is 5.69 Å². The lowest BCUT2D eigenvalue weighted by molar-refractivity contribution is -0.192. The second kappa shape index (κ2) is 6.67. The van der Waals surface area contributed by atoms with E-state index in [2.05, 4.69) is 10.3 Å². The van der Waals surface area contributed by atoms with E-state index < -0.39 is 17.7 Å². The van der Waals surface area contributed by atoms with Crippen LogP contribution in [-0.2, 0) is 10.4 Å². The number of nitrogens with zero attached hydrogens (tertiary/aromatic N) is 1. The number of carbonyl (C=O) groups is 1. The first kappa shape index (κ1) is 16.4. The minimum Gasteiger partial charge on any atom is -0.475 e. The van der Waals surface area contributed by atoms with Crippen LogP contribution in [0.15, 0.2) is 24.4 Å². The quantitative estimate of drug-likeness (QED) is 0.726. The summed E-state index contributed by atoms with van der Waals surface area (Å²) in [6.45, 7) is 1.74. The first-order valence-corrected chi connectivity index (χ1v) is 5.90. The molecule has 0 aliphatic carbocycles. The summed E-state index contributed by atoms with van der Waals surface area (Å²) < 4.78 is 31.7. The van der Waals surface area contributed by atoms with E-state index in [0.717, 1.165) is 31.6 Å². The van der Waals surface area contributed by atoms with Crippen LogP contribution in [0.4, 0.5) is 13.2 Å². The molecule has 3 N–H and O–H groups in total. The normalized spacial score (nSPS) is 17.8. The van der Waals surface area contributed by atoms with E-state index in [9.17, 15) is 18.3 Å². The van der Waals surface area contributed by atoms with E-state index in [-0.39, 0.29) is 0 Å². The van der Waals surface area contributed by atoms with Crippen molar-refractivity contribution in [2.75, 3.05) is 13.1 Å². The van der Waals surface area contributed by atoms with E-state index in [0.29, 0.717) is 0 Å². The van der Waals surface area contributed by atoms with Crippen LogP contribution in [0.25, 0.3) is 0 Å². The predicted octanol–water partition coefficient (Wildman–Crippen LogP) is 1.29. The molecule has 0 aromatic carbocycles. The Hall–Kier alpha value is -1.67. The Morgan fingerprint density at radius 3 is 2.25 bits per heavy atom. The number of carboxylic acid groups (broad SMARTS) is 1. The van der Waals surface area contributed by atoms with Crippen LogP contribution in [0.3, 0.4) is 0 Å². The number of carboxylic acids is 1. The maximum atomic E-state index is 10.6. The van der Waals surface area contributed by atoms with Crippen molar-refractivity contribution in [3.63, 3.8) is 0 Å². The zero-order valence-electron chi connectivity index (χ0n) is 10.5. The number of piperidine rings is 1. The zero-order valence-corrected chi connectivity index (χ0v) is 10.5. The minimum atomic E-state index is -5.08. The molecule has 2 rings (SSSR count). The molecule has 0 amide bonds. The highest BCUT2D eigenvalue weighted by Gasteiger charge is 2.38. The summed E-state index contributed by atoms with van der Waals surface area (Å²) in [5, 5.41) is 20.6. The van der Waals surface area contributed by atoms with Gasteiger partial charge in [0.25, 0.3) is 0 Å². The van der Waals surface area contributed by atoms with Gasteiger partial charge in [-0.25, -0.2) is 4.79 Å². The minimum absolute atomic E-state index is 0.702. The highest BCUT2D eigenvalue weighted by molar-refractivity contribution is 5.73. The Balaban J connectivity index is 0.000000246. The third-order valence-corrected chi connectivity index (χ3v) is 2.81. The second-order valence-electron chi connectivity index (χ2n) is 4.30. The summed E-state index contributed by atoms with van der Waals surface area (Å²) in [6.07, 6.45) is -1.84. The number of alkyl halides is 3. The molecule has 1 saturated heterocycles. The number of aliphatic hydroxyl groups is 1. The van der Waals surface area contributed by atoms with E-state index >= 15 is 0 Å². The molecule has 1 aromatic rings. The molecule has 1 fully saturated rings. The second-order valence-corrected chi connectivity index (χ2v) is 4.30. The van der Waals surface area contributed by atoms with E-state index in [4.69, 9.17) is 9.90 Å². The average Bonchev–Trinajstić information content (AvgIpc) is 2.40. The van der Waals surface area contributed by atoms with Crippen molar-refractivity contribution in [3.05, 3.63) is 30.1 Å². The molecule has 112 valence electrons. The number of hydrogen-bond acceptors (Lipinski definition) is 4. The van der Waals surface area contributed by atoms with Crippen molar-refractivity contribution in [2.45, 2.75) is 24.6 Å². The number of rotatable bonds is 1. The van der Waals surface area contributed by atoms with Gasteiger partial charge in [-0.05, 0) is 38.1 Å². The average molecular weight is 292 g/mol. The lowest BCUT2D eigenvalue weighted by atomic mass is 9.89. The van der Waals surface area contributed by atoms with Gasteiger partial charge in [-0.1, -0.05) is 6.07 Å². The SMILES string of the molecule is O=C(O)C(F)(F)F.OC1(c2ccccn2)CCNCC1. The van der Waals surface area contributed by atoms with Crippen LogP contribution < -0.4 is 5.32 Å². The van der Waals surface area contributed by atoms with E-state index in [1.54, 1.807) is 6.20 Å². The smallest absolute Gasteiger partial charge is 0.475 e. The molecule has 5 nitrogen and oxygen atoms in total. The summed E-state index contributed by atoms with van der Waals surface area (Å²) in [5.41, 5.74) is 0.100. The van der Waals surface area contributed by atoms with Gasteiger partial charge >= 0.3 is 12.1 Å². The summed E-state index contributed by atoms with van der Waals surface area (Å²) in [6, 6.07) is 5.68. The van der Waals surface area contributed by atoms with Crippen molar-refractivity contribution < 1.29 is 28.2 Å². The van der Waals surface area contributed by atoms with Crippen LogP contribution in [0.5, 0.6) is 0 Å². The summed E-state index contributed by atoms with van der Waals surface area (Å²) in [7, 11) is 0.